The van der Waals surface area contributed by atoms with Gasteiger partial charge in [-0.3, -0.25) is 9.59 Å². The van der Waals surface area contributed by atoms with Crippen LogP contribution >= 0.6 is 0 Å². The second kappa shape index (κ2) is 4.18. The van der Waals surface area contributed by atoms with E-state index in [4.69, 9.17) is 9.47 Å². The topological polar surface area (TPSA) is 93.1 Å². The van der Waals surface area contributed by atoms with Crippen molar-refractivity contribution >= 4 is 11.9 Å². The fraction of sp³-hybridized carbons (Fsp3) is 0.857. The second-order valence-electron chi connectivity index (χ2n) is 6.32. The SMILES string of the molecule is COC(=O)[C@@]12CC[C@H]3C(=O)OC[C@H]3[C@@]1(O)[C@H](O)C[C@H]2C. The van der Waals surface area contributed by atoms with E-state index < -0.39 is 34.9 Å². The highest BCUT2D eigenvalue weighted by molar-refractivity contribution is 5.82. The Morgan fingerprint density at radius 1 is 1.50 bits per heavy atom. The first kappa shape index (κ1) is 13.8. The lowest BCUT2D eigenvalue weighted by Crippen LogP contribution is -2.65. The van der Waals surface area contributed by atoms with Gasteiger partial charge in [-0.25, -0.2) is 0 Å². The van der Waals surface area contributed by atoms with Crippen molar-refractivity contribution < 1.29 is 29.3 Å². The molecule has 6 nitrogen and oxygen atoms in total. The van der Waals surface area contributed by atoms with E-state index in [9.17, 15) is 19.8 Å². The molecule has 2 aliphatic carbocycles. The Balaban J connectivity index is 2.12. The highest BCUT2D eigenvalue weighted by Gasteiger charge is 2.74. The zero-order valence-electron chi connectivity index (χ0n) is 11.7. The lowest BCUT2D eigenvalue weighted by molar-refractivity contribution is -0.213. The van der Waals surface area contributed by atoms with Crippen LogP contribution in [0.25, 0.3) is 0 Å². The van der Waals surface area contributed by atoms with Gasteiger partial charge >= 0.3 is 11.9 Å². The summed E-state index contributed by atoms with van der Waals surface area (Å²) in [5, 5.41) is 21.6. The number of rotatable bonds is 1. The number of carbonyl (C=O) groups excluding carboxylic acids is 2. The standard InChI is InChI=1S/C14H20O6/c1-7-5-10(15)14(18)9-6-20-11(16)8(9)3-4-13(7,14)12(17)19-2/h7-10,15,18H,3-6H2,1-2H3/t7-,8-,9-,10-,13+,14-/m1/s1. The van der Waals surface area contributed by atoms with E-state index in [-0.39, 0.29) is 18.5 Å². The summed E-state index contributed by atoms with van der Waals surface area (Å²) < 4.78 is 9.97. The second-order valence-corrected chi connectivity index (χ2v) is 6.32. The Morgan fingerprint density at radius 2 is 2.20 bits per heavy atom. The Bertz CT molecular complexity index is 463. The van der Waals surface area contributed by atoms with E-state index in [1.165, 1.54) is 7.11 Å². The summed E-state index contributed by atoms with van der Waals surface area (Å²) in [7, 11) is 1.29. The van der Waals surface area contributed by atoms with Crippen molar-refractivity contribution in [2.45, 2.75) is 37.9 Å². The Kier molecular flexibility index (Phi) is 2.89. The number of methoxy groups -OCH3 is 1. The van der Waals surface area contributed by atoms with Crippen LogP contribution in [0.4, 0.5) is 0 Å². The van der Waals surface area contributed by atoms with Crippen molar-refractivity contribution in [2.75, 3.05) is 13.7 Å². The quantitative estimate of drug-likeness (QED) is 0.651. The molecule has 0 bridgehead atoms. The minimum Gasteiger partial charge on any atom is -0.468 e. The normalized spacial score (nSPS) is 50.3. The molecule has 3 rings (SSSR count). The van der Waals surface area contributed by atoms with Crippen LogP contribution < -0.4 is 0 Å². The minimum absolute atomic E-state index is 0.0581. The molecule has 6 atom stereocenters. The van der Waals surface area contributed by atoms with Gasteiger partial charge in [0.1, 0.15) is 11.0 Å². The van der Waals surface area contributed by atoms with E-state index in [0.717, 1.165) is 0 Å². The predicted molar refractivity (Wildman–Crippen MR) is 66.4 cm³/mol. The predicted octanol–water partition coefficient (Wildman–Crippen LogP) is -0.139. The molecule has 3 fully saturated rings. The number of esters is 2. The maximum atomic E-state index is 12.4. The summed E-state index contributed by atoms with van der Waals surface area (Å²) in [5.74, 6) is -2.01. The van der Waals surface area contributed by atoms with Crippen LogP contribution in [0.5, 0.6) is 0 Å². The maximum Gasteiger partial charge on any atom is 0.315 e. The average Bonchev–Trinajstić information content (AvgIpc) is 2.89. The van der Waals surface area contributed by atoms with Gasteiger partial charge in [-0.1, -0.05) is 6.92 Å². The molecule has 2 N–H and O–H groups in total. The van der Waals surface area contributed by atoms with Gasteiger partial charge in [-0.2, -0.15) is 0 Å². The number of cyclic esters (lactones) is 1. The van der Waals surface area contributed by atoms with Gasteiger partial charge < -0.3 is 19.7 Å². The zero-order chi connectivity index (χ0) is 14.7. The van der Waals surface area contributed by atoms with Crippen LogP contribution in [-0.4, -0.2) is 47.6 Å². The molecule has 0 radical (unpaired) electrons. The molecule has 3 aliphatic rings. The van der Waals surface area contributed by atoms with Crippen molar-refractivity contribution in [3.8, 4) is 0 Å². The van der Waals surface area contributed by atoms with Crippen LogP contribution in [0.15, 0.2) is 0 Å². The smallest absolute Gasteiger partial charge is 0.315 e. The van der Waals surface area contributed by atoms with Crippen molar-refractivity contribution in [1.29, 1.82) is 0 Å². The Labute approximate surface area is 117 Å². The summed E-state index contributed by atoms with van der Waals surface area (Å²) in [5.41, 5.74) is -2.79. The van der Waals surface area contributed by atoms with Crippen molar-refractivity contribution in [3.63, 3.8) is 0 Å². The molecule has 0 unspecified atom stereocenters. The number of hydrogen-bond donors (Lipinski definition) is 2. The number of carbonyl (C=O) groups is 2. The number of aliphatic hydroxyl groups is 2. The van der Waals surface area contributed by atoms with Gasteiger partial charge in [-0.15, -0.1) is 0 Å². The van der Waals surface area contributed by atoms with Crippen LogP contribution in [0.1, 0.15) is 26.2 Å². The van der Waals surface area contributed by atoms with Crippen molar-refractivity contribution in [1.82, 2.24) is 0 Å². The van der Waals surface area contributed by atoms with E-state index in [2.05, 4.69) is 0 Å². The summed E-state index contributed by atoms with van der Waals surface area (Å²) in [4.78, 5) is 24.1. The van der Waals surface area contributed by atoms with Crippen molar-refractivity contribution in [3.05, 3.63) is 0 Å². The van der Waals surface area contributed by atoms with Gasteiger partial charge in [0.2, 0.25) is 0 Å². The first-order valence-corrected chi connectivity index (χ1v) is 7.05. The van der Waals surface area contributed by atoms with E-state index in [0.29, 0.717) is 19.3 Å². The minimum atomic E-state index is -1.64. The first-order chi connectivity index (χ1) is 9.39. The number of hydrogen-bond acceptors (Lipinski definition) is 6. The highest BCUT2D eigenvalue weighted by Crippen LogP contribution is 2.63. The maximum absolute atomic E-state index is 12.4. The fourth-order valence-electron chi connectivity index (χ4n) is 4.78. The third kappa shape index (κ3) is 1.31. The molecular formula is C14H20O6. The Hall–Kier alpha value is -1.14. The zero-order valence-corrected chi connectivity index (χ0v) is 11.7. The highest BCUT2D eigenvalue weighted by atomic mass is 16.5. The van der Waals surface area contributed by atoms with Crippen LogP contribution in [-0.2, 0) is 19.1 Å². The number of ether oxygens (including phenoxy) is 2. The first-order valence-electron chi connectivity index (χ1n) is 7.05. The van der Waals surface area contributed by atoms with E-state index in [1.54, 1.807) is 0 Å². The summed E-state index contributed by atoms with van der Waals surface area (Å²) in [6.07, 6.45) is 0.102. The third-order valence-electron chi connectivity index (χ3n) is 5.80. The molecule has 1 heterocycles. The molecular weight excluding hydrogens is 264 g/mol. The van der Waals surface area contributed by atoms with Crippen LogP contribution in [0, 0.1) is 23.2 Å². The van der Waals surface area contributed by atoms with Crippen LogP contribution in [0.3, 0.4) is 0 Å². The lowest BCUT2D eigenvalue weighted by Gasteiger charge is -2.50. The summed E-state index contributed by atoms with van der Waals surface area (Å²) >= 11 is 0. The van der Waals surface area contributed by atoms with Crippen LogP contribution in [0.2, 0.25) is 0 Å². The Morgan fingerprint density at radius 3 is 2.85 bits per heavy atom. The molecule has 0 spiro atoms. The molecule has 1 saturated heterocycles. The monoisotopic (exact) mass is 284 g/mol. The molecule has 6 heteroatoms. The van der Waals surface area contributed by atoms with Gasteiger partial charge in [0, 0.05) is 5.92 Å². The average molecular weight is 284 g/mol. The number of aliphatic hydroxyl groups excluding tert-OH is 1. The summed E-state index contributed by atoms with van der Waals surface area (Å²) in [6.45, 7) is 1.90. The van der Waals surface area contributed by atoms with Gasteiger partial charge in [0.05, 0.1) is 25.7 Å². The molecule has 2 saturated carbocycles. The lowest BCUT2D eigenvalue weighted by atomic mass is 9.55. The fourth-order valence-corrected chi connectivity index (χ4v) is 4.78. The van der Waals surface area contributed by atoms with Gasteiger partial charge in [0.15, 0.2) is 0 Å². The molecule has 0 amide bonds. The van der Waals surface area contributed by atoms with Gasteiger partial charge in [-0.05, 0) is 25.2 Å². The van der Waals surface area contributed by atoms with E-state index in [1.807, 2.05) is 6.92 Å². The molecule has 1 aliphatic heterocycles. The molecule has 112 valence electrons. The largest absolute Gasteiger partial charge is 0.468 e. The molecule has 0 aromatic heterocycles. The third-order valence-corrected chi connectivity index (χ3v) is 5.80. The summed E-state index contributed by atoms with van der Waals surface area (Å²) in [6, 6.07) is 0. The number of fused-ring (bicyclic) bond motifs is 3. The van der Waals surface area contributed by atoms with Crippen molar-refractivity contribution in [2.24, 2.45) is 23.2 Å². The van der Waals surface area contributed by atoms with Gasteiger partial charge in [0.25, 0.3) is 0 Å². The molecule has 0 aromatic carbocycles. The molecule has 20 heavy (non-hydrogen) atoms. The molecule has 0 aromatic rings. The van der Waals surface area contributed by atoms with E-state index >= 15 is 0 Å².